The van der Waals surface area contributed by atoms with Gasteiger partial charge in [-0.2, -0.15) is 0 Å². The zero-order chi connectivity index (χ0) is 8.73. The number of carboxylic acid groups (broad SMARTS) is 2. The van der Waals surface area contributed by atoms with Gasteiger partial charge in [0.15, 0.2) is 0 Å². The third kappa shape index (κ3) is 79.5. The summed E-state index contributed by atoms with van der Waals surface area (Å²) in [7, 11) is -2.17. The van der Waals surface area contributed by atoms with E-state index in [9.17, 15) is 0 Å². The summed E-state index contributed by atoms with van der Waals surface area (Å²) in [5, 5.41) is 36.3. The molecule has 13 heavy (non-hydrogen) atoms. The fourth-order valence-corrected chi connectivity index (χ4v) is 0. The molecule has 0 atom stereocenters. The van der Waals surface area contributed by atoms with Gasteiger partial charge in [0.05, 0.1) is 0 Å². The van der Waals surface area contributed by atoms with Gasteiger partial charge in [0.25, 0.3) is 0 Å². The van der Waals surface area contributed by atoms with Crippen LogP contribution in [0.1, 0.15) is 0 Å². The van der Waals surface area contributed by atoms with Gasteiger partial charge in [-0.1, -0.05) is 0 Å². The number of carboxylic acids is 2. The molecule has 0 aliphatic carbocycles. The summed E-state index contributed by atoms with van der Waals surface area (Å²) >= 11 is 0. The van der Waals surface area contributed by atoms with Crippen LogP contribution in [0, 0.1) is 0 Å². The maximum atomic E-state index is 9.10. The molecule has 0 aromatic carbocycles. The Hall–Kier alpha value is -0.255. The number of halogens is 2. The van der Waals surface area contributed by atoms with E-state index in [1.807, 2.05) is 0 Å². The van der Waals surface area contributed by atoms with Gasteiger partial charge < -0.3 is 25.3 Å². The van der Waals surface area contributed by atoms with Crippen LogP contribution in [0.4, 0.5) is 9.41 Å². The molecule has 11 heteroatoms. The minimum atomic E-state index is -2.17. The molecule has 7 nitrogen and oxygen atoms in total. The second-order valence-electron chi connectivity index (χ2n) is 0.957. The molecule has 0 rings (SSSR count). The van der Waals surface area contributed by atoms with Crippen LogP contribution >= 0.6 is 0 Å². The molecule has 0 heterocycles. The summed E-state index contributed by atoms with van der Waals surface area (Å²) in [4.78, 5) is 18.2. The third-order valence-electron chi connectivity index (χ3n) is 0.183. The molecule has 0 aromatic heterocycles. The Morgan fingerprint density at radius 1 is 0.846 bits per heavy atom. The summed E-state index contributed by atoms with van der Waals surface area (Å²) in [5.41, 5.74) is 0. The van der Waals surface area contributed by atoms with Crippen molar-refractivity contribution in [3.8, 4) is 0 Å². The molecule has 76 valence electrons. The molecule has 0 bridgehead atoms. The minimum absolute atomic E-state index is 0. The van der Waals surface area contributed by atoms with Crippen LogP contribution in [0.3, 0.4) is 0 Å². The predicted octanol–water partition coefficient (Wildman–Crippen LogP) is -3.24. The molecule has 0 fully saturated rings. The van der Waals surface area contributed by atoms with E-state index in [-0.39, 0.29) is 39.0 Å². The van der Waals surface area contributed by atoms with Crippen molar-refractivity contribution in [3.63, 3.8) is 0 Å². The first-order valence-corrected chi connectivity index (χ1v) is 1.88. The fourth-order valence-electron chi connectivity index (χ4n) is 0. The zero-order valence-corrected chi connectivity index (χ0v) is 5.45. The second kappa shape index (κ2) is 17.7. The van der Waals surface area contributed by atoms with Gasteiger partial charge in [-0.25, -0.2) is 9.59 Å². The number of hydrogen-bond donors (Lipinski definition) is 5. The summed E-state index contributed by atoms with van der Waals surface area (Å²) in [6.07, 6.45) is 0. The maximum absolute atomic E-state index is 9.10. The van der Waals surface area contributed by atoms with Crippen LogP contribution in [-0.2, 0) is 9.59 Å². The van der Waals surface area contributed by atoms with Crippen LogP contribution in [0.2, 0.25) is 0 Å². The van der Waals surface area contributed by atoms with Crippen molar-refractivity contribution >= 4 is 48.8 Å². The van der Waals surface area contributed by atoms with E-state index in [4.69, 9.17) is 34.9 Å². The van der Waals surface area contributed by atoms with E-state index in [1.165, 1.54) is 0 Å². The van der Waals surface area contributed by atoms with Gasteiger partial charge in [-0.15, -0.1) is 0 Å². The van der Waals surface area contributed by atoms with Gasteiger partial charge in [-0.3, -0.25) is 9.41 Å². The molecule has 0 amide bonds. The Kier molecular flexibility index (Phi) is 40.0. The number of aliphatic carboxylic acids is 2. The van der Waals surface area contributed by atoms with E-state index in [0.717, 1.165) is 0 Å². The molecule has 0 spiro atoms. The molecule has 0 unspecified atom stereocenters. The van der Waals surface area contributed by atoms with Crippen LogP contribution < -0.4 is 0 Å². The molecular formula is C2H8BF2NaO7. The zero-order valence-electron chi connectivity index (χ0n) is 5.45. The molecule has 0 saturated carbocycles. The van der Waals surface area contributed by atoms with Gasteiger partial charge in [-0.05, 0) is 0 Å². The molecule has 0 aromatic rings. The molecular weight excluding hydrogens is 208 g/mol. The molecule has 0 aliphatic heterocycles. The Bertz CT molecular complexity index is 117. The second-order valence-corrected chi connectivity index (χ2v) is 0.957. The Morgan fingerprint density at radius 2 is 0.923 bits per heavy atom. The van der Waals surface area contributed by atoms with Crippen LogP contribution in [0.5, 0.6) is 0 Å². The van der Waals surface area contributed by atoms with E-state index in [0.29, 0.717) is 0 Å². The first-order valence-electron chi connectivity index (χ1n) is 1.88. The van der Waals surface area contributed by atoms with Gasteiger partial charge in [0.1, 0.15) is 0 Å². The van der Waals surface area contributed by atoms with Crippen molar-refractivity contribution in [2.24, 2.45) is 0 Å². The Labute approximate surface area is 93.2 Å². The van der Waals surface area contributed by atoms with E-state index < -0.39 is 19.3 Å². The molecule has 0 aliphatic rings. The summed E-state index contributed by atoms with van der Waals surface area (Å²) < 4.78 is 0. The summed E-state index contributed by atoms with van der Waals surface area (Å²) in [6, 6.07) is 0. The van der Waals surface area contributed by atoms with Crippen molar-refractivity contribution in [2.45, 2.75) is 0 Å². The number of carbonyl (C=O) groups is 2. The van der Waals surface area contributed by atoms with Gasteiger partial charge in [0.2, 0.25) is 0 Å². The van der Waals surface area contributed by atoms with Crippen molar-refractivity contribution in [1.29, 1.82) is 0 Å². The fraction of sp³-hybridized carbons (Fsp3) is 0. The van der Waals surface area contributed by atoms with Crippen molar-refractivity contribution < 1.29 is 44.3 Å². The van der Waals surface area contributed by atoms with Crippen molar-refractivity contribution in [2.75, 3.05) is 0 Å². The average molecular weight is 216 g/mol. The molecule has 0 radical (unpaired) electrons. The number of rotatable bonds is 0. The normalized spacial score (nSPS) is 5.46. The van der Waals surface area contributed by atoms with E-state index in [1.54, 1.807) is 0 Å². The van der Waals surface area contributed by atoms with Crippen molar-refractivity contribution in [3.05, 3.63) is 0 Å². The van der Waals surface area contributed by atoms with Crippen LogP contribution in [0.15, 0.2) is 0 Å². The predicted molar refractivity (Wildman–Crippen MR) is 39.8 cm³/mol. The Morgan fingerprint density at radius 3 is 0.923 bits per heavy atom. The standard InChI is InChI=1S/C2H2O4.BH3O3.2FH.Na.H/c3-1(4)2(5)6;2-1(3)4;;;;/h(H,3,4)(H,5,6);2-4H;2*1H;;. The topological polar surface area (TPSA) is 135 Å². The van der Waals surface area contributed by atoms with Crippen LogP contribution in [0.25, 0.3) is 0 Å². The summed E-state index contributed by atoms with van der Waals surface area (Å²) in [5.74, 6) is -3.65. The molecule has 5 N–H and O–H groups in total. The van der Waals surface area contributed by atoms with Gasteiger partial charge >= 0.3 is 48.8 Å². The van der Waals surface area contributed by atoms with E-state index in [2.05, 4.69) is 0 Å². The van der Waals surface area contributed by atoms with Crippen molar-refractivity contribution in [1.82, 2.24) is 0 Å². The average Bonchev–Trinajstić information content (AvgIpc) is 1.63. The van der Waals surface area contributed by atoms with Gasteiger partial charge in [0, 0.05) is 0 Å². The monoisotopic (exact) mass is 216 g/mol. The third-order valence-corrected chi connectivity index (χ3v) is 0.183. The van der Waals surface area contributed by atoms with E-state index >= 15 is 0 Å². The summed E-state index contributed by atoms with van der Waals surface area (Å²) in [6.45, 7) is 0. The quantitative estimate of drug-likeness (QED) is 0.212. The molecule has 0 saturated heterocycles. The SMILES string of the molecule is F.F.O=C(O)C(=O)O.OB(O)O.[NaH]. The first kappa shape index (κ1) is 29.3. The first-order chi connectivity index (χ1) is 4.37. The van der Waals surface area contributed by atoms with Crippen LogP contribution in [-0.4, -0.2) is 74.1 Å². The Balaban J connectivity index is -0.0000000279. The number of hydrogen-bond acceptors (Lipinski definition) is 5.